The van der Waals surface area contributed by atoms with Crippen LogP contribution < -0.4 is 4.90 Å². The molecule has 0 bridgehead atoms. The van der Waals surface area contributed by atoms with Crippen molar-refractivity contribution in [3.63, 3.8) is 0 Å². The highest BCUT2D eigenvalue weighted by atomic mass is 15.1. The van der Waals surface area contributed by atoms with E-state index >= 15 is 0 Å². The molecule has 0 saturated heterocycles. The standard InChI is InChI=1S/C62H45N3.C2H6/c1-42-15-9-12-22-57(42)63(58-23-13-10-16-43(58)2)52-34-29-45(30-35-52)44-25-27-46(28-26-44)47-31-36-61-55(39-47)56-41-49(33-38-62(56)65(61)51-19-7-4-8-20-51)48-32-37-60-54(40-48)53-21-11-14-24-59(53)64(60)50-17-5-3-6-18-50;1-2/h3-41H,1-2H3;1-2H3. The van der Waals surface area contributed by atoms with E-state index in [2.05, 4.69) is 264 Å². The van der Waals surface area contributed by atoms with Crippen LogP contribution in [0.25, 0.3) is 88.4 Å². The molecule has 0 N–H and O–H groups in total. The Labute approximate surface area is 393 Å². The summed E-state index contributed by atoms with van der Waals surface area (Å²) in [6, 6.07) is 86.3. The number of nitrogens with zero attached hydrogens (tertiary/aromatic N) is 3. The lowest BCUT2D eigenvalue weighted by Gasteiger charge is -2.28. The molecular weight excluding hydrogens is 811 g/mol. The zero-order chi connectivity index (χ0) is 45.4. The topological polar surface area (TPSA) is 13.1 Å². The van der Waals surface area contributed by atoms with Crippen LogP contribution in [0.15, 0.2) is 237 Å². The van der Waals surface area contributed by atoms with E-state index in [-0.39, 0.29) is 0 Å². The monoisotopic (exact) mass is 861 g/mol. The maximum Gasteiger partial charge on any atom is 0.0541 e. The maximum atomic E-state index is 2.40. The van der Waals surface area contributed by atoms with Gasteiger partial charge in [-0.3, -0.25) is 0 Å². The fraction of sp³-hybridized carbons (Fsp3) is 0.0625. The molecule has 322 valence electrons. The van der Waals surface area contributed by atoms with Crippen molar-refractivity contribution in [2.45, 2.75) is 27.7 Å². The first-order chi connectivity index (χ1) is 33.1. The van der Waals surface area contributed by atoms with E-state index in [4.69, 9.17) is 0 Å². The molecule has 67 heavy (non-hydrogen) atoms. The number of para-hydroxylation sites is 5. The quantitative estimate of drug-likeness (QED) is 0.148. The number of aromatic nitrogens is 2. The molecule has 2 heterocycles. The van der Waals surface area contributed by atoms with Gasteiger partial charge in [0.1, 0.15) is 0 Å². The Kier molecular flexibility index (Phi) is 10.8. The fourth-order valence-electron chi connectivity index (χ4n) is 9.94. The summed E-state index contributed by atoms with van der Waals surface area (Å²) in [6.07, 6.45) is 0. The molecule has 0 radical (unpaired) electrons. The van der Waals surface area contributed by atoms with Crippen molar-refractivity contribution in [2.24, 2.45) is 0 Å². The summed E-state index contributed by atoms with van der Waals surface area (Å²) >= 11 is 0. The molecule has 0 aliphatic rings. The van der Waals surface area contributed by atoms with Crippen LogP contribution in [0.5, 0.6) is 0 Å². The molecule has 2 aromatic heterocycles. The van der Waals surface area contributed by atoms with Crippen LogP contribution in [0.1, 0.15) is 25.0 Å². The fourth-order valence-corrected chi connectivity index (χ4v) is 9.94. The van der Waals surface area contributed by atoms with Crippen molar-refractivity contribution >= 4 is 60.7 Å². The Bertz CT molecular complexity index is 3660. The lowest BCUT2D eigenvalue weighted by atomic mass is 9.97. The van der Waals surface area contributed by atoms with E-state index < -0.39 is 0 Å². The summed E-state index contributed by atoms with van der Waals surface area (Å²) in [7, 11) is 0. The molecule has 0 amide bonds. The minimum absolute atomic E-state index is 1.14. The third kappa shape index (κ3) is 7.35. The first-order valence-electron chi connectivity index (χ1n) is 23.4. The second kappa shape index (κ2) is 17.5. The highest BCUT2D eigenvalue weighted by Gasteiger charge is 2.19. The van der Waals surface area contributed by atoms with Crippen LogP contribution in [0.3, 0.4) is 0 Å². The number of fused-ring (bicyclic) bond motifs is 6. The number of anilines is 3. The second-order valence-corrected chi connectivity index (χ2v) is 17.1. The summed E-state index contributed by atoms with van der Waals surface area (Å²) in [5.41, 5.74) is 20.3. The molecule has 3 nitrogen and oxygen atoms in total. The molecule has 0 spiro atoms. The summed E-state index contributed by atoms with van der Waals surface area (Å²) in [5, 5.41) is 4.97. The van der Waals surface area contributed by atoms with Crippen LogP contribution in [0, 0.1) is 13.8 Å². The summed E-state index contributed by atoms with van der Waals surface area (Å²) in [5.74, 6) is 0. The van der Waals surface area contributed by atoms with Gasteiger partial charge in [-0.25, -0.2) is 0 Å². The van der Waals surface area contributed by atoms with Crippen LogP contribution in [0.4, 0.5) is 17.1 Å². The summed E-state index contributed by atoms with van der Waals surface area (Å²) in [4.78, 5) is 2.37. The molecule has 12 aromatic rings. The zero-order valence-corrected chi connectivity index (χ0v) is 38.4. The number of hydrogen-bond donors (Lipinski definition) is 0. The summed E-state index contributed by atoms with van der Waals surface area (Å²) in [6.45, 7) is 8.36. The molecular formula is C64H51N3. The molecule has 12 rings (SSSR count). The lowest BCUT2D eigenvalue weighted by molar-refractivity contribution is 1.18. The lowest BCUT2D eigenvalue weighted by Crippen LogP contribution is -2.12. The predicted octanol–water partition coefficient (Wildman–Crippen LogP) is 18.0. The summed E-state index contributed by atoms with van der Waals surface area (Å²) < 4.78 is 4.78. The van der Waals surface area contributed by atoms with Crippen LogP contribution in [-0.4, -0.2) is 9.13 Å². The van der Waals surface area contributed by atoms with Gasteiger partial charge < -0.3 is 14.0 Å². The zero-order valence-electron chi connectivity index (χ0n) is 38.4. The average Bonchev–Trinajstić information content (AvgIpc) is 3.90. The van der Waals surface area contributed by atoms with Crippen molar-refractivity contribution in [2.75, 3.05) is 4.90 Å². The molecule has 0 unspecified atom stereocenters. The second-order valence-electron chi connectivity index (χ2n) is 17.1. The smallest absolute Gasteiger partial charge is 0.0541 e. The van der Waals surface area contributed by atoms with Crippen molar-refractivity contribution in [1.29, 1.82) is 0 Å². The molecule has 0 aliphatic carbocycles. The third-order valence-electron chi connectivity index (χ3n) is 13.2. The molecule has 0 fully saturated rings. The van der Waals surface area contributed by atoms with E-state index in [0.29, 0.717) is 0 Å². The number of benzene rings is 10. The van der Waals surface area contributed by atoms with Gasteiger partial charge in [-0.15, -0.1) is 0 Å². The largest absolute Gasteiger partial charge is 0.310 e. The first kappa shape index (κ1) is 41.3. The van der Waals surface area contributed by atoms with Crippen molar-refractivity contribution < 1.29 is 0 Å². The van der Waals surface area contributed by atoms with Gasteiger partial charge in [0.15, 0.2) is 0 Å². The van der Waals surface area contributed by atoms with Gasteiger partial charge in [0, 0.05) is 50.0 Å². The Morgan fingerprint density at radius 1 is 0.284 bits per heavy atom. The Morgan fingerprint density at radius 2 is 0.612 bits per heavy atom. The first-order valence-corrected chi connectivity index (χ1v) is 23.4. The van der Waals surface area contributed by atoms with Gasteiger partial charge in [0.2, 0.25) is 0 Å². The molecule has 0 atom stereocenters. The van der Waals surface area contributed by atoms with E-state index in [9.17, 15) is 0 Å². The van der Waals surface area contributed by atoms with E-state index in [1.165, 1.54) is 105 Å². The van der Waals surface area contributed by atoms with Crippen molar-refractivity contribution in [1.82, 2.24) is 9.13 Å². The predicted molar refractivity (Wildman–Crippen MR) is 287 cm³/mol. The van der Waals surface area contributed by atoms with Gasteiger partial charge in [-0.1, -0.05) is 159 Å². The Hall–Kier alpha value is -8.40. The van der Waals surface area contributed by atoms with Gasteiger partial charge in [-0.2, -0.15) is 0 Å². The van der Waals surface area contributed by atoms with Crippen LogP contribution in [0.2, 0.25) is 0 Å². The Morgan fingerprint density at radius 3 is 1.07 bits per heavy atom. The maximum absolute atomic E-state index is 2.40. The molecule has 3 heteroatoms. The highest BCUT2D eigenvalue weighted by Crippen LogP contribution is 2.41. The number of aryl methyl sites for hydroxylation is 2. The highest BCUT2D eigenvalue weighted by molar-refractivity contribution is 6.13. The molecule has 0 aliphatic heterocycles. The SMILES string of the molecule is CC.Cc1ccccc1N(c1ccc(-c2ccc(-c3ccc4c(c3)c3cc(-c5ccc6c(c5)c5ccccc5n6-c5ccccc5)ccc3n4-c3ccccc3)cc2)cc1)c1ccccc1C. The minimum atomic E-state index is 1.14. The minimum Gasteiger partial charge on any atom is -0.310 e. The normalized spacial score (nSPS) is 11.3. The van der Waals surface area contributed by atoms with Crippen molar-refractivity contribution in [3.05, 3.63) is 248 Å². The van der Waals surface area contributed by atoms with Crippen LogP contribution in [-0.2, 0) is 0 Å². The average molecular weight is 862 g/mol. The van der Waals surface area contributed by atoms with Crippen LogP contribution >= 0.6 is 0 Å². The molecule has 0 saturated carbocycles. The van der Waals surface area contributed by atoms with E-state index in [1.54, 1.807) is 0 Å². The van der Waals surface area contributed by atoms with Gasteiger partial charge >= 0.3 is 0 Å². The van der Waals surface area contributed by atoms with Crippen molar-refractivity contribution in [3.8, 4) is 44.8 Å². The van der Waals surface area contributed by atoms with Gasteiger partial charge in [0.05, 0.1) is 22.1 Å². The van der Waals surface area contributed by atoms with E-state index in [0.717, 1.165) is 11.4 Å². The van der Waals surface area contributed by atoms with Gasteiger partial charge in [-0.05, 0) is 149 Å². The van der Waals surface area contributed by atoms with E-state index in [1.807, 2.05) is 13.8 Å². The number of hydrogen-bond acceptors (Lipinski definition) is 1. The Balaban J connectivity index is 0.00000244. The number of rotatable bonds is 8. The molecule has 10 aromatic carbocycles. The third-order valence-corrected chi connectivity index (χ3v) is 13.2. The van der Waals surface area contributed by atoms with Gasteiger partial charge in [0.25, 0.3) is 0 Å².